The van der Waals surface area contributed by atoms with Gasteiger partial charge in [0.2, 0.25) is 5.91 Å². The molecule has 4 rings (SSSR count). The first-order chi connectivity index (χ1) is 13.3. The molecule has 7 nitrogen and oxygen atoms in total. The van der Waals surface area contributed by atoms with Crippen LogP contribution in [0.15, 0.2) is 24.3 Å². The van der Waals surface area contributed by atoms with Crippen molar-refractivity contribution in [3.8, 4) is 0 Å². The Labute approximate surface area is 163 Å². The molecule has 3 atom stereocenters. The number of carbonyl (C=O) groups is 4. The number of amides is 3. The molecule has 1 saturated heterocycles. The smallest absolute Gasteiger partial charge is 0.311 e. The van der Waals surface area contributed by atoms with Gasteiger partial charge in [0.25, 0.3) is 11.8 Å². The van der Waals surface area contributed by atoms with E-state index in [0.29, 0.717) is 24.1 Å². The Morgan fingerprint density at radius 1 is 1.14 bits per heavy atom. The molecule has 3 amide bonds. The molecule has 1 unspecified atom stereocenters. The number of carboxylic acid groups (broad SMARTS) is 1. The molecule has 0 bridgehead atoms. The number of hydrogen-bond acceptors (Lipinski definition) is 4. The summed E-state index contributed by atoms with van der Waals surface area (Å²) in [5.41, 5.74) is -0.267. The predicted molar refractivity (Wildman–Crippen MR) is 99.6 cm³/mol. The van der Waals surface area contributed by atoms with Crippen molar-refractivity contribution in [2.75, 3.05) is 13.1 Å². The topological polar surface area (TPSA) is 95.0 Å². The lowest BCUT2D eigenvalue weighted by Gasteiger charge is -2.32. The lowest BCUT2D eigenvalue weighted by molar-refractivity contribution is -0.149. The highest BCUT2D eigenvalue weighted by molar-refractivity contribution is 6.22. The first-order valence-corrected chi connectivity index (χ1v) is 9.77. The summed E-state index contributed by atoms with van der Waals surface area (Å²) in [6, 6.07) is 5.64. The molecule has 28 heavy (non-hydrogen) atoms. The molecular formula is C21H24N2O5. The average molecular weight is 384 g/mol. The first-order valence-electron chi connectivity index (χ1n) is 9.77. The number of carboxylic acids is 1. The van der Waals surface area contributed by atoms with E-state index < -0.39 is 29.2 Å². The Hall–Kier alpha value is -2.70. The highest BCUT2D eigenvalue weighted by atomic mass is 16.4. The highest BCUT2D eigenvalue weighted by Gasteiger charge is 2.57. The summed E-state index contributed by atoms with van der Waals surface area (Å²) in [6.45, 7) is 4.13. The highest BCUT2D eigenvalue weighted by Crippen LogP contribution is 2.49. The fourth-order valence-corrected chi connectivity index (χ4v) is 5.15. The molecule has 7 heteroatoms. The third kappa shape index (κ3) is 2.48. The van der Waals surface area contributed by atoms with Crippen molar-refractivity contribution in [1.82, 2.24) is 9.80 Å². The summed E-state index contributed by atoms with van der Waals surface area (Å²) >= 11 is 0. The molecule has 2 aliphatic heterocycles. The standard InChI is InChI=1S/C21H24N2O5/c1-12(2)16(23-17(24)14-7-3-4-8-15(14)18(23)25)19(26)22-10-13-6-5-9-21(13,11-22)20(27)28/h3-4,7-8,12-13,16H,5-6,9-11H2,1-2H3,(H,27,28)/t13-,16?,21+/m0/s1. The van der Waals surface area contributed by atoms with Gasteiger partial charge in [0, 0.05) is 13.1 Å². The van der Waals surface area contributed by atoms with Crippen molar-refractivity contribution in [2.45, 2.75) is 39.2 Å². The molecule has 1 aromatic carbocycles. The van der Waals surface area contributed by atoms with Crippen LogP contribution in [0.3, 0.4) is 0 Å². The van der Waals surface area contributed by atoms with E-state index in [1.807, 2.05) is 0 Å². The number of fused-ring (bicyclic) bond motifs is 2. The Bertz CT molecular complexity index is 844. The van der Waals surface area contributed by atoms with Gasteiger partial charge in [0.05, 0.1) is 16.5 Å². The van der Waals surface area contributed by atoms with E-state index >= 15 is 0 Å². The maximum atomic E-state index is 13.4. The maximum absolute atomic E-state index is 13.4. The third-order valence-corrected chi connectivity index (χ3v) is 6.60. The minimum atomic E-state index is -0.933. The zero-order valence-electron chi connectivity index (χ0n) is 16.1. The van der Waals surface area contributed by atoms with Gasteiger partial charge in [-0.25, -0.2) is 0 Å². The maximum Gasteiger partial charge on any atom is 0.311 e. The van der Waals surface area contributed by atoms with Crippen LogP contribution in [0, 0.1) is 17.3 Å². The van der Waals surface area contributed by atoms with Crippen LogP contribution in [-0.4, -0.2) is 57.7 Å². The van der Waals surface area contributed by atoms with Gasteiger partial charge in [-0.2, -0.15) is 0 Å². The summed E-state index contributed by atoms with van der Waals surface area (Å²) in [5, 5.41) is 9.78. The molecule has 2 fully saturated rings. The van der Waals surface area contributed by atoms with Gasteiger partial charge in [0.1, 0.15) is 6.04 Å². The molecule has 1 aromatic rings. The number of carbonyl (C=O) groups excluding carboxylic acids is 3. The largest absolute Gasteiger partial charge is 0.481 e. The van der Waals surface area contributed by atoms with Crippen molar-refractivity contribution in [3.05, 3.63) is 35.4 Å². The molecule has 0 spiro atoms. The number of rotatable bonds is 4. The Kier molecular flexibility index (Phi) is 4.28. The number of nitrogens with zero attached hydrogens (tertiary/aromatic N) is 2. The van der Waals surface area contributed by atoms with Gasteiger partial charge in [-0.15, -0.1) is 0 Å². The van der Waals surface area contributed by atoms with E-state index in [2.05, 4.69) is 0 Å². The van der Waals surface area contributed by atoms with Crippen molar-refractivity contribution in [2.24, 2.45) is 17.3 Å². The molecule has 1 N–H and O–H groups in total. The lowest BCUT2D eigenvalue weighted by atomic mass is 9.81. The molecule has 3 aliphatic rings. The van der Waals surface area contributed by atoms with Crippen molar-refractivity contribution in [1.29, 1.82) is 0 Å². The monoisotopic (exact) mass is 384 g/mol. The second-order valence-corrected chi connectivity index (χ2v) is 8.48. The van der Waals surface area contributed by atoms with Gasteiger partial charge in [-0.1, -0.05) is 32.4 Å². The number of imide groups is 1. The zero-order chi connectivity index (χ0) is 20.2. The summed E-state index contributed by atoms with van der Waals surface area (Å²) in [4.78, 5) is 53.7. The summed E-state index contributed by atoms with van der Waals surface area (Å²) in [7, 11) is 0. The molecule has 1 saturated carbocycles. The number of likely N-dealkylation sites (tertiary alicyclic amines) is 1. The van der Waals surface area contributed by atoms with E-state index in [1.165, 1.54) is 0 Å². The van der Waals surface area contributed by atoms with Crippen LogP contribution >= 0.6 is 0 Å². The van der Waals surface area contributed by atoms with Gasteiger partial charge in [-0.3, -0.25) is 24.1 Å². The van der Waals surface area contributed by atoms with Crippen LogP contribution in [-0.2, 0) is 9.59 Å². The van der Waals surface area contributed by atoms with Crippen LogP contribution < -0.4 is 0 Å². The van der Waals surface area contributed by atoms with Gasteiger partial charge in [-0.05, 0) is 36.8 Å². The average Bonchev–Trinajstić information content (AvgIpc) is 3.28. The lowest BCUT2D eigenvalue weighted by Crippen LogP contribution is -2.53. The quantitative estimate of drug-likeness (QED) is 0.802. The van der Waals surface area contributed by atoms with E-state index in [9.17, 15) is 24.3 Å². The SMILES string of the molecule is CC(C)C(C(=O)N1C[C@@H]2CCC[C@@]2(C(=O)O)C1)N1C(=O)c2ccccc2C1=O. The van der Waals surface area contributed by atoms with Crippen LogP contribution in [0.25, 0.3) is 0 Å². The Balaban J connectivity index is 1.63. The molecule has 0 radical (unpaired) electrons. The van der Waals surface area contributed by atoms with Crippen LogP contribution in [0.4, 0.5) is 0 Å². The summed E-state index contributed by atoms with van der Waals surface area (Å²) in [6.07, 6.45) is 2.20. The third-order valence-electron chi connectivity index (χ3n) is 6.60. The van der Waals surface area contributed by atoms with Crippen molar-refractivity contribution in [3.63, 3.8) is 0 Å². The first kappa shape index (κ1) is 18.7. The Morgan fingerprint density at radius 3 is 2.25 bits per heavy atom. The zero-order valence-corrected chi connectivity index (χ0v) is 16.1. The van der Waals surface area contributed by atoms with Crippen molar-refractivity contribution >= 4 is 23.7 Å². The number of benzene rings is 1. The second-order valence-electron chi connectivity index (χ2n) is 8.48. The van der Waals surface area contributed by atoms with E-state index in [1.54, 1.807) is 43.0 Å². The molecule has 1 aliphatic carbocycles. The molecule has 0 aromatic heterocycles. The fraction of sp³-hybridized carbons (Fsp3) is 0.524. The summed E-state index contributed by atoms with van der Waals surface area (Å²) in [5.74, 6) is -2.45. The van der Waals surface area contributed by atoms with E-state index in [-0.39, 0.29) is 24.3 Å². The van der Waals surface area contributed by atoms with Gasteiger partial charge in [0.15, 0.2) is 0 Å². The minimum Gasteiger partial charge on any atom is -0.481 e. The van der Waals surface area contributed by atoms with Crippen LogP contribution in [0.1, 0.15) is 53.8 Å². The second kappa shape index (κ2) is 6.43. The molecule has 148 valence electrons. The van der Waals surface area contributed by atoms with Crippen LogP contribution in [0.2, 0.25) is 0 Å². The fourth-order valence-electron chi connectivity index (χ4n) is 5.15. The normalized spacial score (nSPS) is 27.3. The summed E-state index contributed by atoms with van der Waals surface area (Å²) < 4.78 is 0. The van der Waals surface area contributed by atoms with E-state index in [0.717, 1.165) is 17.7 Å². The molecular weight excluding hydrogens is 360 g/mol. The van der Waals surface area contributed by atoms with Crippen LogP contribution in [0.5, 0.6) is 0 Å². The van der Waals surface area contributed by atoms with Gasteiger partial charge >= 0.3 is 5.97 Å². The Morgan fingerprint density at radius 2 is 1.75 bits per heavy atom. The molecule has 2 heterocycles. The number of aliphatic carboxylic acids is 1. The van der Waals surface area contributed by atoms with Gasteiger partial charge < -0.3 is 10.0 Å². The predicted octanol–water partition coefficient (Wildman–Crippen LogP) is 2.02. The minimum absolute atomic E-state index is 0.0658. The van der Waals surface area contributed by atoms with Crippen molar-refractivity contribution < 1.29 is 24.3 Å². The number of hydrogen-bond donors (Lipinski definition) is 1. The van der Waals surface area contributed by atoms with E-state index in [4.69, 9.17) is 0 Å².